The van der Waals surface area contributed by atoms with E-state index in [1.165, 1.54) is 11.1 Å². The number of hydrogen-bond acceptors (Lipinski definition) is 3. The Labute approximate surface area is 143 Å². The highest BCUT2D eigenvalue weighted by molar-refractivity contribution is 5.97. The molecule has 0 saturated heterocycles. The van der Waals surface area contributed by atoms with Gasteiger partial charge in [0, 0.05) is 30.9 Å². The smallest absolute Gasteiger partial charge is 0.251 e. The first-order valence-electron chi connectivity index (χ1n) is 8.50. The third-order valence-corrected chi connectivity index (χ3v) is 4.38. The molecule has 4 nitrogen and oxygen atoms in total. The summed E-state index contributed by atoms with van der Waals surface area (Å²) in [6.45, 7) is 2.41. The Kier molecular flexibility index (Phi) is 5.16. The van der Waals surface area contributed by atoms with Gasteiger partial charge in [-0.05, 0) is 55.8 Å². The van der Waals surface area contributed by atoms with Crippen molar-refractivity contribution < 1.29 is 4.79 Å². The summed E-state index contributed by atoms with van der Waals surface area (Å²) in [4.78, 5) is 14.8. The molecule has 0 atom stereocenters. The summed E-state index contributed by atoms with van der Waals surface area (Å²) in [5.41, 5.74) is 5.46. The van der Waals surface area contributed by atoms with Crippen molar-refractivity contribution in [1.82, 2.24) is 10.2 Å². The molecule has 4 heteroatoms. The molecule has 2 N–H and O–H groups in total. The van der Waals surface area contributed by atoms with Crippen LogP contribution < -0.4 is 10.6 Å². The van der Waals surface area contributed by atoms with Gasteiger partial charge in [0.1, 0.15) is 0 Å². The van der Waals surface area contributed by atoms with Gasteiger partial charge in [0.25, 0.3) is 5.91 Å². The van der Waals surface area contributed by atoms with E-state index in [1.54, 1.807) is 0 Å². The monoisotopic (exact) mass is 323 g/mol. The number of benzene rings is 2. The minimum atomic E-state index is 0.00945. The van der Waals surface area contributed by atoms with Gasteiger partial charge in [-0.2, -0.15) is 0 Å². The lowest BCUT2D eigenvalue weighted by Gasteiger charge is -2.21. The molecule has 0 spiro atoms. The summed E-state index contributed by atoms with van der Waals surface area (Å²) in [6.07, 6.45) is 2.03. The van der Waals surface area contributed by atoms with Crippen LogP contribution in [0.3, 0.4) is 0 Å². The highest BCUT2D eigenvalue weighted by Crippen LogP contribution is 2.25. The quantitative estimate of drug-likeness (QED) is 0.889. The van der Waals surface area contributed by atoms with Crippen LogP contribution in [0.4, 0.5) is 5.69 Å². The van der Waals surface area contributed by atoms with Crippen molar-refractivity contribution in [3.05, 3.63) is 64.7 Å². The van der Waals surface area contributed by atoms with Crippen molar-refractivity contribution in [1.29, 1.82) is 0 Å². The van der Waals surface area contributed by atoms with E-state index in [0.717, 1.165) is 42.7 Å². The SMILES string of the molecule is CN(C)Cc1ccccc1CNC(=O)c1cccc2c1CCCN2. The Morgan fingerprint density at radius 1 is 1.12 bits per heavy atom. The molecule has 0 unspecified atom stereocenters. The average Bonchev–Trinajstić information content (AvgIpc) is 2.60. The molecular formula is C20H25N3O. The second kappa shape index (κ2) is 7.49. The number of hydrogen-bond donors (Lipinski definition) is 2. The number of amides is 1. The van der Waals surface area contributed by atoms with Crippen LogP contribution in [0.15, 0.2) is 42.5 Å². The van der Waals surface area contributed by atoms with Crippen LogP contribution in [-0.4, -0.2) is 31.4 Å². The number of carbonyl (C=O) groups excluding carboxylic acids is 1. The van der Waals surface area contributed by atoms with Gasteiger partial charge in [-0.15, -0.1) is 0 Å². The van der Waals surface area contributed by atoms with Crippen molar-refractivity contribution in [3.63, 3.8) is 0 Å². The molecule has 2 aromatic carbocycles. The molecule has 0 saturated carbocycles. The minimum Gasteiger partial charge on any atom is -0.385 e. The second-order valence-electron chi connectivity index (χ2n) is 6.55. The van der Waals surface area contributed by atoms with Gasteiger partial charge in [-0.25, -0.2) is 0 Å². The van der Waals surface area contributed by atoms with Crippen molar-refractivity contribution >= 4 is 11.6 Å². The van der Waals surface area contributed by atoms with Crippen LogP contribution in [0, 0.1) is 0 Å². The summed E-state index contributed by atoms with van der Waals surface area (Å²) in [7, 11) is 4.11. The molecule has 126 valence electrons. The molecule has 2 aromatic rings. The van der Waals surface area contributed by atoms with Crippen LogP contribution in [0.1, 0.15) is 33.5 Å². The van der Waals surface area contributed by atoms with E-state index in [-0.39, 0.29) is 5.91 Å². The van der Waals surface area contributed by atoms with Crippen molar-refractivity contribution in [3.8, 4) is 0 Å². The number of fused-ring (bicyclic) bond motifs is 1. The van der Waals surface area contributed by atoms with E-state index in [2.05, 4.69) is 47.8 Å². The Morgan fingerprint density at radius 2 is 1.92 bits per heavy atom. The first-order chi connectivity index (χ1) is 11.6. The molecular weight excluding hydrogens is 298 g/mol. The van der Waals surface area contributed by atoms with Crippen LogP contribution in [0.2, 0.25) is 0 Å². The zero-order valence-electron chi connectivity index (χ0n) is 14.4. The maximum atomic E-state index is 12.7. The zero-order valence-corrected chi connectivity index (χ0v) is 14.4. The largest absolute Gasteiger partial charge is 0.385 e. The number of nitrogens with one attached hydrogen (secondary N) is 2. The fraction of sp³-hybridized carbons (Fsp3) is 0.350. The maximum Gasteiger partial charge on any atom is 0.251 e. The van der Waals surface area contributed by atoms with E-state index in [4.69, 9.17) is 0 Å². The molecule has 3 rings (SSSR count). The van der Waals surface area contributed by atoms with Gasteiger partial charge in [0.05, 0.1) is 0 Å². The van der Waals surface area contributed by atoms with Gasteiger partial charge in [0.2, 0.25) is 0 Å². The van der Waals surface area contributed by atoms with E-state index < -0.39 is 0 Å². The Hall–Kier alpha value is -2.33. The molecule has 1 aliphatic rings. The Morgan fingerprint density at radius 3 is 2.71 bits per heavy atom. The summed E-state index contributed by atoms with van der Waals surface area (Å²) in [5.74, 6) is 0.00945. The van der Waals surface area contributed by atoms with E-state index in [0.29, 0.717) is 6.54 Å². The number of carbonyl (C=O) groups is 1. The number of rotatable bonds is 5. The van der Waals surface area contributed by atoms with E-state index in [9.17, 15) is 4.79 Å². The lowest BCUT2D eigenvalue weighted by molar-refractivity contribution is 0.0950. The van der Waals surface area contributed by atoms with Crippen molar-refractivity contribution in [2.24, 2.45) is 0 Å². The van der Waals surface area contributed by atoms with Crippen LogP contribution in [0.25, 0.3) is 0 Å². The number of anilines is 1. The summed E-state index contributed by atoms with van der Waals surface area (Å²) < 4.78 is 0. The van der Waals surface area contributed by atoms with Crippen LogP contribution in [0.5, 0.6) is 0 Å². The first kappa shape index (κ1) is 16.5. The molecule has 24 heavy (non-hydrogen) atoms. The molecule has 1 amide bonds. The predicted octanol–water partition coefficient (Wildman–Crippen LogP) is 3.04. The number of nitrogens with zero attached hydrogens (tertiary/aromatic N) is 1. The summed E-state index contributed by atoms with van der Waals surface area (Å²) in [5, 5.41) is 6.47. The molecule has 0 bridgehead atoms. The lowest BCUT2D eigenvalue weighted by Crippen LogP contribution is -2.26. The Bertz CT molecular complexity index is 725. The summed E-state index contributed by atoms with van der Waals surface area (Å²) in [6, 6.07) is 14.2. The highest BCUT2D eigenvalue weighted by atomic mass is 16.1. The standard InChI is InChI=1S/C20H25N3O/c1-23(2)14-16-8-4-3-7-15(16)13-22-20(24)18-9-5-11-19-17(18)10-6-12-21-19/h3-5,7-9,11,21H,6,10,12-14H2,1-2H3,(H,22,24). The van der Waals surface area contributed by atoms with Gasteiger partial charge in [0.15, 0.2) is 0 Å². The highest BCUT2D eigenvalue weighted by Gasteiger charge is 2.17. The molecule has 0 fully saturated rings. The minimum absolute atomic E-state index is 0.00945. The lowest BCUT2D eigenvalue weighted by atomic mass is 9.97. The molecule has 0 aromatic heterocycles. The molecule has 0 aliphatic carbocycles. The topological polar surface area (TPSA) is 44.4 Å². The van der Waals surface area contributed by atoms with Crippen molar-refractivity contribution in [2.75, 3.05) is 26.0 Å². The third kappa shape index (κ3) is 3.77. The molecule has 1 heterocycles. The second-order valence-corrected chi connectivity index (χ2v) is 6.55. The normalized spacial score (nSPS) is 13.3. The molecule has 0 radical (unpaired) electrons. The predicted molar refractivity (Wildman–Crippen MR) is 98.3 cm³/mol. The first-order valence-corrected chi connectivity index (χ1v) is 8.50. The van der Waals surface area contributed by atoms with E-state index in [1.807, 2.05) is 24.3 Å². The van der Waals surface area contributed by atoms with Gasteiger partial charge in [-0.1, -0.05) is 30.3 Å². The van der Waals surface area contributed by atoms with Gasteiger partial charge < -0.3 is 15.5 Å². The summed E-state index contributed by atoms with van der Waals surface area (Å²) >= 11 is 0. The third-order valence-electron chi connectivity index (χ3n) is 4.38. The van der Waals surface area contributed by atoms with Crippen LogP contribution in [-0.2, 0) is 19.5 Å². The Balaban J connectivity index is 1.73. The maximum absolute atomic E-state index is 12.7. The van der Waals surface area contributed by atoms with Gasteiger partial charge >= 0.3 is 0 Å². The van der Waals surface area contributed by atoms with Crippen molar-refractivity contribution in [2.45, 2.75) is 25.9 Å². The van der Waals surface area contributed by atoms with E-state index >= 15 is 0 Å². The fourth-order valence-electron chi connectivity index (χ4n) is 3.22. The fourth-order valence-corrected chi connectivity index (χ4v) is 3.22. The van der Waals surface area contributed by atoms with Gasteiger partial charge in [-0.3, -0.25) is 4.79 Å². The average molecular weight is 323 g/mol. The zero-order chi connectivity index (χ0) is 16.9. The molecule has 1 aliphatic heterocycles. The van der Waals surface area contributed by atoms with Crippen LogP contribution >= 0.6 is 0 Å².